The van der Waals surface area contributed by atoms with Crippen molar-refractivity contribution in [1.29, 1.82) is 0 Å². The Labute approximate surface area is 349 Å². The third-order valence-electron chi connectivity index (χ3n) is 12.9. The number of aromatic nitrogens is 2. The van der Waals surface area contributed by atoms with Crippen molar-refractivity contribution in [2.75, 3.05) is 0 Å². The second-order valence-corrected chi connectivity index (χ2v) is 16.0. The van der Waals surface area contributed by atoms with Crippen molar-refractivity contribution in [1.82, 2.24) is 9.97 Å². The van der Waals surface area contributed by atoms with E-state index in [1.807, 2.05) is 6.07 Å². The smallest absolute Gasteiger partial charge is 0.160 e. The first kappa shape index (κ1) is 34.4. The first-order valence-corrected chi connectivity index (χ1v) is 20.7. The number of hydrogen-bond donors (Lipinski definition) is 0. The topological polar surface area (TPSA) is 35.0 Å². The molecule has 2 aliphatic carbocycles. The zero-order chi connectivity index (χ0) is 39.6. The van der Waals surface area contributed by atoms with Crippen LogP contribution in [0.15, 0.2) is 218 Å². The highest BCUT2D eigenvalue weighted by molar-refractivity contribution is 6.04. The molecule has 282 valence electrons. The summed E-state index contributed by atoms with van der Waals surface area (Å²) in [6.07, 6.45) is 9.21. The van der Waals surface area contributed by atoms with E-state index in [1.54, 1.807) is 0 Å². The number of para-hydroxylation sites is 1. The molecule has 0 radical (unpaired) electrons. The fourth-order valence-corrected chi connectivity index (χ4v) is 10.2. The molecule has 1 aliphatic heterocycles. The van der Waals surface area contributed by atoms with E-state index < -0.39 is 5.41 Å². The van der Waals surface area contributed by atoms with Crippen LogP contribution in [0, 0.1) is 5.92 Å². The van der Waals surface area contributed by atoms with E-state index in [2.05, 4.69) is 212 Å². The van der Waals surface area contributed by atoms with Crippen molar-refractivity contribution >= 4 is 10.8 Å². The lowest BCUT2D eigenvalue weighted by Crippen LogP contribution is -2.37. The summed E-state index contributed by atoms with van der Waals surface area (Å²) in [6, 6.07) is 69.3. The van der Waals surface area contributed by atoms with E-state index in [9.17, 15) is 0 Å². The minimum Gasteiger partial charge on any atom is -0.457 e. The molecular weight excluding hydrogens is 729 g/mol. The normalized spacial score (nSPS) is 18.1. The third-order valence-corrected chi connectivity index (χ3v) is 12.9. The van der Waals surface area contributed by atoms with Crippen LogP contribution in [0.1, 0.15) is 28.2 Å². The zero-order valence-electron chi connectivity index (χ0n) is 32.7. The monoisotopic (exact) mass is 766 g/mol. The second kappa shape index (κ2) is 13.8. The van der Waals surface area contributed by atoms with Gasteiger partial charge in [-0.2, -0.15) is 0 Å². The molecule has 3 atom stereocenters. The fourth-order valence-electron chi connectivity index (χ4n) is 10.2. The van der Waals surface area contributed by atoms with Crippen LogP contribution in [-0.2, 0) is 5.41 Å². The molecule has 3 aliphatic rings. The summed E-state index contributed by atoms with van der Waals surface area (Å²) in [7, 11) is 0. The highest BCUT2D eigenvalue weighted by Crippen LogP contribution is 2.64. The van der Waals surface area contributed by atoms with E-state index >= 15 is 0 Å². The molecule has 9 aromatic rings. The number of allylic oxidation sites excluding steroid dienone is 4. The highest BCUT2D eigenvalue weighted by Gasteiger charge is 2.56. The Hall–Kier alpha value is -7.62. The Kier molecular flexibility index (Phi) is 7.89. The molecule has 1 aromatic heterocycles. The van der Waals surface area contributed by atoms with Gasteiger partial charge >= 0.3 is 0 Å². The molecule has 0 bridgehead atoms. The largest absolute Gasteiger partial charge is 0.457 e. The van der Waals surface area contributed by atoms with Crippen LogP contribution in [-0.4, -0.2) is 9.97 Å². The quantitative estimate of drug-likeness (QED) is 0.175. The molecule has 0 saturated carbocycles. The lowest BCUT2D eigenvalue weighted by atomic mass is 9.61. The summed E-state index contributed by atoms with van der Waals surface area (Å²) in [5.41, 5.74) is 14.2. The lowest BCUT2D eigenvalue weighted by Gasteiger charge is -2.43. The second-order valence-electron chi connectivity index (χ2n) is 16.0. The van der Waals surface area contributed by atoms with E-state index in [4.69, 9.17) is 14.7 Å². The average molecular weight is 767 g/mol. The fraction of sp³-hybridized carbons (Fsp3) is 0.0526. The number of nitrogens with zero attached hydrogens (tertiary/aromatic N) is 2. The van der Waals surface area contributed by atoms with Crippen LogP contribution in [0.3, 0.4) is 0 Å². The van der Waals surface area contributed by atoms with Gasteiger partial charge in [0.2, 0.25) is 0 Å². The van der Waals surface area contributed by atoms with Gasteiger partial charge in [-0.05, 0) is 74.5 Å². The van der Waals surface area contributed by atoms with Gasteiger partial charge in [0, 0.05) is 39.7 Å². The summed E-state index contributed by atoms with van der Waals surface area (Å²) in [5, 5.41) is 2.35. The van der Waals surface area contributed by atoms with Crippen molar-refractivity contribution in [3.8, 4) is 67.7 Å². The molecule has 1 spiro atoms. The maximum absolute atomic E-state index is 6.75. The van der Waals surface area contributed by atoms with Gasteiger partial charge in [0.25, 0.3) is 0 Å². The molecule has 3 unspecified atom stereocenters. The Morgan fingerprint density at radius 2 is 1.02 bits per heavy atom. The van der Waals surface area contributed by atoms with Crippen molar-refractivity contribution in [2.45, 2.75) is 11.3 Å². The Balaban J connectivity index is 1.02. The van der Waals surface area contributed by atoms with Crippen LogP contribution in [0.4, 0.5) is 0 Å². The molecule has 2 heterocycles. The SMILES string of the molecule is C1=CC2c3ccccc3C3(c4ccccc4Oc4ccc(-c5cccc(-c6nc(-c7ccccc7)cc(-c7ccc(-c8ccccc8)c8ccccc78)n6)c5)cc43)C2C=C1. The molecule has 60 heavy (non-hydrogen) atoms. The lowest BCUT2D eigenvalue weighted by molar-refractivity contribution is 0.374. The number of ether oxygens (including phenoxy) is 1. The van der Waals surface area contributed by atoms with Gasteiger partial charge in [0.1, 0.15) is 11.5 Å². The Morgan fingerprint density at radius 1 is 0.400 bits per heavy atom. The van der Waals surface area contributed by atoms with Crippen LogP contribution in [0.2, 0.25) is 0 Å². The zero-order valence-corrected chi connectivity index (χ0v) is 32.7. The van der Waals surface area contributed by atoms with Crippen LogP contribution in [0.25, 0.3) is 66.9 Å². The Morgan fingerprint density at radius 3 is 1.87 bits per heavy atom. The first-order valence-electron chi connectivity index (χ1n) is 20.7. The van der Waals surface area contributed by atoms with E-state index in [1.165, 1.54) is 38.8 Å². The highest BCUT2D eigenvalue weighted by atomic mass is 16.5. The number of benzene rings is 8. The molecule has 3 heteroatoms. The molecule has 0 amide bonds. The molecule has 8 aromatic carbocycles. The van der Waals surface area contributed by atoms with Gasteiger partial charge in [-0.1, -0.05) is 188 Å². The molecule has 3 nitrogen and oxygen atoms in total. The number of fused-ring (bicyclic) bond motifs is 10. The van der Waals surface area contributed by atoms with Crippen LogP contribution in [0.5, 0.6) is 11.5 Å². The van der Waals surface area contributed by atoms with E-state index in [-0.39, 0.29) is 11.8 Å². The van der Waals surface area contributed by atoms with E-state index in [0.717, 1.165) is 56.1 Å². The van der Waals surface area contributed by atoms with Gasteiger partial charge in [-0.3, -0.25) is 0 Å². The van der Waals surface area contributed by atoms with Gasteiger partial charge in [0.15, 0.2) is 5.82 Å². The minimum atomic E-state index is -0.415. The van der Waals surface area contributed by atoms with Gasteiger partial charge in [-0.15, -0.1) is 0 Å². The summed E-state index contributed by atoms with van der Waals surface area (Å²) in [6.45, 7) is 0. The van der Waals surface area contributed by atoms with Crippen molar-refractivity contribution < 1.29 is 4.74 Å². The number of hydrogen-bond acceptors (Lipinski definition) is 3. The molecular formula is C57H38N2O. The first-order chi connectivity index (χ1) is 29.7. The maximum Gasteiger partial charge on any atom is 0.160 e. The molecule has 12 rings (SSSR count). The third kappa shape index (κ3) is 5.29. The van der Waals surface area contributed by atoms with Gasteiger partial charge in [-0.25, -0.2) is 9.97 Å². The molecule has 0 saturated heterocycles. The van der Waals surface area contributed by atoms with Gasteiger partial charge in [0.05, 0.1) is 16.8 Å². The summed E-state index contributed by atoms with van der Waals surface area (Å²) >= 11 is 0. The van der Waals surface area contributed by atoms with E-state index in [0.29, 0.717) is 5.82 Å². The summed E-state index contributed by atoms with van der Waals surface area (Å²) < 4.78 is 6.75. The standard InChI is InChI=1S/C57H38N2O/c1-3-16-37(17-4-1)42-31-32-47(44-23-8-7-22-43(42)44)53-36-52(38-18-5-2-6-19-38)58-56(59-53)41-21-15-20-39(34-41)40-30-33-55-51(35-40)57(50-28-13-14-29-54(50)60-55)48-26-11-9-24-45(48)46-25-10-12-27-49(46)57/h1-36,45,48H. The minimum absolute atomic E-state index is 0.204. The van der Waals surface area contributed by atoms with Gasteiger partial charge < -0.3 is 4.74 Å². The molecule has 0 N–H and O–H groups in total. The van der Waals surface area contributed by atoms with Crippen molar-refractivity contribution in [3.05, 3.63) is 241 Å². The summed E-state index contributed by atoms with van der Waals surface area (Å²) in [4.78, 5) is 10.6. The van der Waals surface area contributed by atoms with Crippen LogP contribution < -0.4 is 4.74 Å². The molecule has 0 fully saturated rings. The van der Waals surface area contributed by atoms with Crippen LogP contribution >= 0.6 is 0 Å². The predicted octanol–water partition coefficient (Wildman–Crippen LogP) is 14.2. The average Bonchev–Trinajstić information content (AvgIpc) is 3.62. The van der Waals surface area contributed by atoms with Crippen molar-refractivity contribution in [2.24, 2.45) is 5.92 Å². The number of rotatable bonds is 5. The predicted molar refractivity (Wildman–Crippen MR) is 244 cm³/mol. The van der Waals surface area contributed by atoms with Crippen molar-refractivity contribution in [3.63, 3.8) is 0 Å². The summed E-state index contributed by atoms with van der Waals surface area (Å²) in [5.74, 6) is 2.98. The Bertz CT molecular complexity index is 3200. The maximum atomic E-state index is 6.75.